The lowest BCUT2D eigenvalue weighted by Gasteiger charge is -2.30. The summed E-state index contributed by atoms with van der Waals surface area (Å²) in [5, 5.41) is 0. The number of nitrogens with two attached hydrogens (primary N) is 1. The molecule has 0 aliphatic rings. The predicted molar refractivity (Wildman–Crippen MR) is 73.8 cm³/mol. The van der Waals surface area contributed by atoms with E-state index in [1.54, 1.807) is 20.8 Å². The van der Waals surface area contributed by atoms with E-state index in [1.165, 1.54) is 4.31 Å². The van der Waals surface area contributed by atoms with Crippen molar-refractivity contribution in [1.82, 2.24) is 9.03 Å². The van der Waals surface area contributed by atoms with E-state index in [1.807, 2.05) is 18.6 Å². The number of rotatable bonds is 7. The van der Waals surface area contributed by atoms with Gasteiger partial charge in [0.15, 0.2) is 0 Å². The van der Waals surface area contributed by atoms with E-state index in [4.69, 9.17) is 10.5 Å². The number of hydrogen-bond donors (Lipinski definition) is 2. The highest BCUT2D eigenvalue weighted by Crippen LogP contribution is 2.16. The molecular weight excluding hydrogens is 270 g/mol. The quantitative estimate of drug-likeness (QED) is 0.719. The van der Waals surface area contributed by atoms with Crippen molar-refractivity contribution in [3.8, 4) is 0 Å². The van der Waals surface area contributed by atoms with Crippen LogP contribution in [0.5, 0.6) is 0 Å². The molecule has 7 nitrogen and oxygen atoms in total. The maximum Gasteiger partial charge on any atom is 0.422 e. The van der Waals surface area contributed by atoms with Gasteiger partial charge in [-0.1, -0.05) is 20.8 Å². The van der Waals surface area contributed by atoms with Gasteiger partial charge in [-0.2, -0.15) is 12.7 Å². The van der Waals surface area contributed by atoms with Gasteiger partial charge in [0, 0.05) is 13.1 Å². The molecule has 0 unspecified atom stereocenters. The number of carbonyl (C=O) groups is 1. The van der Waals surface area contributed by atoms with Crippen LogP contribution in [-0.2, 0) is 14.9 Å². The second kappa shape index (κ2) is 7.06. The Hall–Kier alpha value is -0.860. The number of ether oxygens (including phenoxy) is 1. The number of hydrogen-bond acceptors (Lipinski definition) is 5. The number of nitrogens with one attached hydrogen (secondary N) is 1. The third-order valence-electron chi connectivity index (χ3n) is 2.40. The second-order valence-corrected chi connectivity index (χ2v) is 7.03. The zero-order valence-corrected chi connectivity index (χ0v) is 13.1. The average molecular weight is 295 g/mol. The van der Waals surface area contributed by atoms with Gasteiger partial charge in [0.2, 0.25) is 0 Å². The van der Waals surface area contributed by atoms with E-state index < -0.39 is 16.3 Å². The molecule has 0 fully saturated rings. The molecule has 3 N–H and O–H groups in total. The number of amides is 1. The van der Waals surface area contributed by atoms with Gasteiger partial charge in [0.05, 0.1) is 6.10 Å². The Balaban J connectivity index is 4.80. The predicted octanol–water partition coefficient (Wildman–Crippen LogP) is 0.673. The van der Waals surface area contributed by atoms with Crippen molar-refractivity contribution in [2.45, 2.75) is 40.7 Å². The molecule has 0 aromatic heterocycles. The van der Waals surface area contributed by atoms with Gasteiger partial charge in [-0.05, 0) is 25.8 Å². The highest BCUT2D eigenvalue weighted by atomic mass is 32.2. The third-order valence-corrected chi connectivity index (χ3v) is 3.90. The van der Waals surface area contributed by atoms with Crippen molar-refractivity contribution in [2.75, 3.05) is 19.6 Å². The molecule has 0 radical (unpaired) electrons. The summed E-state index contributed by atoms with van der Waals surface area (Å²) in [4.78, 5) is 11.4. The Morgan fingerprint density at radius 3 is 2.32 bits per heavy atom. The molecule has 0 rings (SSSR count). The van der Waals surface area contributed by atoms with Gasteiger partial charge in [0.25, 0.3) is 0 Å². The van der Waals surface area contributed by atoms with Crippen LogP contribution in [0.1, 0.15) is 34.6 Å². The van der Waals surface area contributed by atoms with Gasteiger partial charge < -0.3 is 10.5 Å². The van der Waals surface area contributed by atoms with Crippen molar-refractivity contribution < 1.29 is 17.9 Å². The fraction of sp³-hybridized carbons (Fsp3) is 0.909. The van der Waals surface area contributed by atoms with Gasteiger partial charge >= 0.3 is 16.3 Å². The summed E-state index contributed by atoms with van der Waals surface area (Å²) >= 11 is 0. The van der Waals surface area contributed by atoms with E-state index in [9.17, 15) is 13.2 Å². The smallest absolute Gasteiger partial charge is 0.422 e. The molecule has 0 spiro atoms. The monoisotopic (exact) mass is 295 g/mol. The first-order valence-electron chi connectivity index (χ1n) is 6.22. The summed E-state index contributed by atoms with van der Waals surface area (Å²) in [7, 11) is -3.91. The van der Waals surface area contributed by atoms with Gasteiger partial charge in [-0.15, -0.1) is 0 Å². The fourth-order valence-electron chi connectivity index (χ4n) is 1.32. The average Bonchev–Trinajstić information content (AvgIpc) is 2.23. The Morgan fingerprint density at radius 1 is 1.42 bits per heavy atom. The lowest BCUT2D eigenvalue weighted by Crippen LogP contribution is -2.48. The molecule has 19 heavy (non-hydrogen) atoms. The minimum absolute atomic E-state index is 0.226. The first kappa shape index (κ1) is 18.1. The minimum atomic E-state index is -3.91. The minimum Gasteiger partial charge on any atom is -0.446 e. The molecule has 0 saturated heterocycles. The van der Waals surface area contributed by atoms with Crippen LogP contribution in [0, 0.1) is 5.41 Å². The standard InChI is InChI=1S/C11H25N3O4S/c1-6-14(8-11(4,5)7-12)19(16,17)13-10(15)18-9(2)3/h9H,6-8,12H2,1-5H3,(H,13,15). The Morgan fingerprint density at radius 2 is 1.95 bits per heavy atom. The van der Waals surface area contributed by atoms with E-state index >= 15 is 0 Å². The molecule has 0 aliphatic heterocycles. The molecular formula is C11H25N3O4S. The Kier molecular flexibility index (Phi) is 6.74. The zero-order valence-electron chi connectivity index (χ0n) is 12.3. The van der Waals surface area contributed by atoms with Crippen molar-refractivity contribution in [3.05, 3.63) is 0 Å². The summed E-state index contributed by atoms with van der Waals surface area (Å²) in [6.45, 7) is 9.50. The van der Waals surface area contributed by atoms with Crippen LogP contribution in [0.4, 0.5) is 4.79 Å². The van der Waals surface area contributed by atoms with E-state index in [2.05, 4.69) is 0 Å². The largest absolute Gasteiger partial charge is 0.446 e. The lowest BCUT2D eigenvalue weighted by atomic mass is 9.94. The normalized spacial score (nSPS) is 12.8. The third kappa shape index (κ3) is 6.74. The number of carbonyl (C=O) groups excluding carboxylic acids is 1. The SMILES string of the molecule is CCN(CC(C)(C)CN)S(=O)(=O)NC(=O)OC(C)C. The first-order chi connectivity index (χ1) is 8.54. The molecule has 114 valence electrons. The van der Waals surface area contributed by atoms with Crippen LogP contribution < -0.4 is 10.5 Å². The van der Waals surface area contributed by atoms with Crippen LogP contribution in [0.25, 0.3) is 0 Å². The second-order valence-electron chi connectivity index (χ2n) is 5.36. The molecule has 0 bridgehead atoms. The summed E-state index contributed by atoms with van der Waals surface area (Å²) in [5.41, 5.74) is 5.22. The fourth-order valence-corrected chi connectivity index (χ4v) is 2.56. The lowest BCUT2D eigenvalue weighted by molar-refractivity contribution is 0.120. The Labute approximate surface area is 115 Å². The topological polar surface area (TPSA) is 102 Å². The van der Waals surface area contributed by atoms with Crippen LogP contribution in [0.2, 0.25) is 0 Å². The molecule has 0 heterocycles. The highest BCUT2D eigenvalue weighted by Gasteiger charge is 2.29. The summed E-state index contributed by atoms with van der Waals surface area (Å²) in [6, 6.07) is 0. The zero-order chi connectivity index (χ0) is 15.3. The van der Waals surface area contributed by atoms with Gasteiger partial charge in [0.1, 0.15) is 0 Å². The van der Waals surface area contributed by atoms with Crippen molar-refractivity contribution in [3.63, 3.8) is 0 Å². The maximum atomic E-state index is 12.0. The maximum absolute atomic E-state index is 12.0. The highest BCUT2D eigenvalue weighted by molar-refractivity contribution is 7.87. The van der Waals surface area contributed by atoms with Crippen LogP contribution in [0.15, 0.2) is 0 Å². The van der Waals surface area contributed by atoms with Crippen LogP contribution in [0.3, 0.4) is 0 Å². The summed E-state index contributed by atoms with van der Waals surface area (Å²) < 4.78 is 31.8. The molecule has 0 aromatic carbocycles. The van der Waals surface area contributed by atoms with E-state index in [-0.39, 0.29) is 24.6 Å². The Bertz CT molecular complexity index is 393. The first-order valence-corrected chi connectivity index (χ1v) is 7.66. The van der Waals surface area contributed by atoms with Gasteiger partial charge in [-0.25, -0.2) is 9.52 Å². The van der Waals surface area contributed by atoms with E-state index in [0.717, 1.165) is 0 Å². The van der Waals surface area contributed by atoms with Crippen LogP contribution >= 0.6 is 0 Å². The molecule has 0 saturated carbocycles. The molecule has 0 atom stereocenters. The van der Waals surface area contributed by atoms with Gasteiger partial charge in [-0.3, -0.25) is 0 Å². The number of nitrogens with zero attached hydrogens (tertiary/aromatic N) is 1. The molecule has 1 amide bonds. The van der Waals surface area contributed by atoms with Crippen LogP contribution in [-0.4, -0.2) is 44.6 Å². The molecule has 8 heteroatoms. The summed E-state index contributed by atoms with van der Waals surface area (Å²) in [6.07, 6.45) is -1.36. The van der Waals surface area contributed by atoms with E-state index in [0.29, 0.717) is 6.54 Å². The molecule has 0 aromatic rings. The summed E-state index contributed by atoms with van der Waals surface area (Å²) in [5.74, 6) is 0. The van der Waals surface area contributed by atoms with Crippen molar-refractivity contribution >= 4 is 16.3 Å². The molecule has 0 aliphatic carbocycles. The van der Waals surface area contributed by atoms with Crippen molar-refractivity contribution in [2.24, 2.45) is 11.1 Å². The van der Waals surface area contributed by atoms with Crippen molar-refractivity contribution in [1.29, 1.82) is 0 Å².